The molecule has 39 heavy (non-hydrogen) atoms. The van der Waals surface area contributed by atoms with Gasteiger partial charge in [-0.15, -0.1) is 0 Å². The van der Waals surface area contributed by atoms with Crippen molar-refractivity contribution in [2.24, 2.45) is 0 Å². The Hall–Kier alpha value is -4.16. The maximum absolute atomic E-state index is 14.5. The summed E-state index contributed by atoms with van der Waals surface area (Å²) in [5.74, 6) is 0.101. The molecule has 5 rings (SSSR count). The highest BCUT2D eigenvalue weighted by atomic mass is 35.5. The standard InChI is InChI=1S/C26H20ClF4N5O3/c27-19-4-1-15(11-18(19)26(29,30)31)33-25(37)34-16-2-5-20(28)23(12-16)39-17-3-6-21-22(13-17)35-24(14-32-21)36-7-9-38-10-8-36/h1-6,11-14H,7-10H2,(H2,33,34,37). The van der Waals surface area contributed by atoms with Crippen LogP contribution in [-0.2, 0) is 10.9 Å². The normalized spacial score (nSPS) is 13.8. The molecule has 1 saturated heterocycles. The summed E-state index contributed by atoms with van der Waals surface area (Å²) < 4.78 is 64.9. The average molecular weight is 562 g/mol. The van der Waals surface area contributed by atoms with Crippen LogP contribution in [-0.4, -0.2) is 42.3 Å². The minimum Gasteiger partial charge on any atom is -0.454 e. The molecular formula is C26H20ClF4N5O3. The summed E-state index contributed by atoms with van der Waals surface area (Å²) in [4.78, 5) is 23.5. The summed E-state index contributed by atoms with van der Waals surface area (Å²) >= 11 is 5.61. The molecule has 0 unspecified atom stereocenters. The van der Waals surface area contributed by atoms with Crippen LogP contribution >= 0.6 is 11.6 Å². The van der Waals surface area contributed by atoms with Crippen LogP contribution in [0.25, 0.3) is 11.0 Å². The van der Waals surface area contributed by atoms with E-state index in [0.717, 1.165) is 12.1 Å². The highest BCUT2D eigenvalue weighted by molar-refractivity contribution is 6.31. The number of hydrogen-bond donors (Lipinski definition) is 2. The molecule has 2 amide bonds. The number of nitrogens with zero attached hydrogens (tertiary/aromatic N) is 3. The van der Waals surface area contributed by atoms with Crippen molar-refractivity contribution in [3.8, 4) is 11.5 Å². The van der Waals surface area contributed by atoms with Gasteiger partial charge in [0, 0.05) is 36.6 Å². The van der Waals surface area contributed by atoms with Crippen molar-refractivity contribution in [3.05, 3.63) is 77.2 Å². The summed E-state index contributed by atoms with van der Waals surface area (Å²) in [7, 11) is 0. The number of morpholine rings is 1. The smallest absolute Gasteiger partial charge is 0.417 e. The zero-order chi connectivity index (χ0) is 27.6. The number of halogens is 5. The quantitative estimate of drug-likeness (QED) is 0.263. The van der Waals surface area contributed by atoms with Gasteiger partial charge in [-0.3, -0.25) is 4.98 Å². The Morgan fingerprint density at radius 3 is 2.44 bits per heavy atom. The van der Waals surface area contributed by atoms with E-state index in [4.69, 9.17) is 21.1 Å². The molecule has 8 nitrogen and oxygen atoms in total. The molecule has 1 aromatic heterocycles. The number of anilines is 3. The third-order valence-electron chi connectivity index (χ3n) is 5.78. The van der Waals surface area contributed by atoms with Crippen molar-refractivity contribution >= 4 is 45.9 Å². The molecule has 202 valence electrons. The monoisotopic (exact) mass is 561 g/mol. The first-order valence-electron chi connectivity index (χ1n) is 11.7. The molecule has 0 atom stereocenters. The number of nitrogens with one attached hydrogen (secondary N) is 2. The first kappa shape index (κ1) is 26.4. The SMILES string of the molecule is O=C(Nc1ccc(F)c(Oc2ccc3ncc(N4CCOCC4)nc3c2)c1)Nc1ccc(Cl)c(C(F)(F)F)c1. The summed E-state index contributed by atoms with van der Waals surface area (Å²) in [6, 6.07) is 10.7. The molecule has 2 heterocycles. The minimum atomic E-state index is -4.69. The number of urea groups is 1. The van der Waals surface area contributed by atoms with Crippen LogP contribution in [0.2, 0.25) is 5.02 Å². The van der Waals surface area contributed by atoms with Gasteiger partial charge in [-0.1, -0.05) is 11.6 Å². The van der Waals surface area contributed by atoms with Crippen molar-refractivity contribution < 1.29 is 31.8 Å². The van der Waals surface area contributed by atoms with Crippen LogP contribution in [0.4, 0.5) is 39.5 Å². The van der Waals surface area contributed by atoms with Crippen molar-refractivity contribution in [1.29, 1.82) is 0 Å². The highest BCUT2D eigenvalue weighted by Gasteiger charge is 2.33. The average Bonchev–Trinajstić information content (AvgIpc) is 2.91. The van der Waals surface area contributed by atoms with E-state index in [9.17, 15) is 22.4 Å². The van der Waals surface area contributed by atoms with Crippen LogP contribution in [0.15, 0.2) is 60.8 Å². The summed E-state index contributed by atoms with van der Waals surface area (Å²) in [6.07, 6.45) is -3.01. The Labute approximate surface area is 224 Å². The van der Waals surface area contributed by atoms with E-state index < -0.39 is 28.6 Å². The summed E-state index contributed by atoms with van der Waals surface area (Å²) in [6.45, 7) is 2.57. The Kier molecular flexibility index (Phi) is 7.40. The van der Waals surface area contributed by atoms with Gasteiger partial charge in [0.25, 0.3) is 0 Å². The lowest BCUT2D eigenvalue weighted by Gasteiger charge is -2.27. The second kappa shape index (κ2) is 10.9. The number of fused-ring (bicyclic) bond motifs is 1. The zero-order valence-electron chi connectivity index (χ0n) is 20.1. The van der Waals surface area contributed by atoms with Gasteiger partial charge in [-0.05, 0) is 42.5 Å². The first-order chi connectivity index (χ1) is 18.7. The molecule has 2 N–H and O–H groups in total. The molecule has 3 aromatic carbocycles. The van der Waals surface area contributed by atoms with Crippen LogP contribution < -0.4 is 20.3 Å². The molecule has 0 radical (unpaired) electrons. The largest absolute Gasteiger partial charge is 0.454 e. The van der Waals surface area contributed by atoms with Gasteiger partial charge in [-0.25, -0.2) is 14.2 Å². The van der Waals surface area contributed by atoms with Crippen LogP contribution in [0.5, 0.6) is 11.5 Å². The number of rotatable bonds is 5. The van der Waals surface area contributed by atoms with Crippen molar-refractivity contribution in [2.75, 3.05) is 41.8 Å². The maximum Gasteiger partial charge on any atom is 0.417 e. The summed E-state index contributed by atoms with van der Waals surface area (Å²) in [5.41, 5.74) is 0.103. The van der Waals surface area contributed by atoms with Crippen molar-refractivity contribution in [3.63, 3.8) is 0 Å². The van der Waals surface area contributed by atoms with Gasteiger partial charge < -0.3 is 25.0 Å². The second-order valence-electron chi connectivity index (χ2n) is 8.50. The van der Waals surface area contributed by atoms with Gasteiger partial charge >= 0.3 is 12.2 Å². The topological polar surface area (TPSA) is 88.6 Å². The predicted molar refractivity (Wildman–Crippen MR) is 138 cm³/mol. The fourth-order valence-electron chi connectivity index (χ4n) is 3.89. The third-order valence-corrected chi connectivity index (χ3v) is 6.11. The fraction of sp³-hybridized carbons (Fsp3) is 0.192. The third kappa shape index (κ3) is 6.29. The number of carbonyl (C=O) groups excluding carboxylic acids is 1. The number of alkyl halides is 3. The van der Waals surface area contributed by atoms with E-state index >= 15 is 0 Å². The van der Waals surface area contributed by atoms with Gasteiger partial charge in [0.05, 0.1) is 41.0 Å². The number of benzene rings is 3. The maximum atomic E-state index is 14.5. The van der Waals surface area contributed by atoms with Crippen LogP contribution in [0.1, 0.15) is 5.56 Å². The number of carbonyl (C=O) groups is 1. The number of amides is 2. The number of hydrogen-bond acceptors (Lipinski definition) is 6. The van der Waals surface area contributed by atoms with Crippen LogP contribution in [0.3, 0.4) is 0 Å². The molecule has 1 aliphatic rings. The van der Waals surface area contributed by atoms with E-state index in [1.165, 1.54) is 18.2 Å². The van der Waals surface area contributed by atoms with E-state index in [1.807, 2.05) is 0 Å². The van der Waals surface area contributed by atoms with Crippen molar-refractivity contribution in [2.45, 2.75) is 6.18 Å². The van der Waals surface area contributed by atoms with E-state index in [1.54, 1.807) is 24.4 Å². The lowest BCUT2D eigenvalue weighted by atomic mass is 10.2. The molecule has 0 spiro atoms. The lowest BCUT2D eigenvalue weighted by Crippen LogP contribution is -2.36. The molecule has 1 fully saturated rings. The number of aromatic nitrogens is 2. The molecule has 1 aliphatic heterocycles. The first-order valence-corrected chi connectivity index (χ1v) is 12.1. The molecular weight excluding hydrogens is 542 g/mol. The van der Waals surface area contributed by atoms with Gasteiger partial charge in [0.2, 0.25) is 0 Å². The summed E-state index contributed by atoms with van der Waals surface area (Å²) in [5, 5.41) is 4.24. The Bertz CT molecular complexity index is 1530. The Morgan fingerprint density at radius 2 is 1.69 bits per heavy atom. The van der Waals surface area contributed by atoms with Crippen molar-refractivity contribution in [1.82, 2.24) is 9.97 Å². The fourth-order valence-corrected chi connectivity index (χ4v) is 4.11. The second-order valence-corrected chi connectivity index (χ2v) is 8.90. The van der Waals surface area contributed by atoms with Gasteiger partial charge in [0.15, 0.2) is 11.6 Å². The van der Waals surface area contributed by atoms with Crippen LogP contribution in [0, 0.1) is 5.82 Å². The molecule has 13 heteroatoms. The molecule has 0 aliphatic carbocycles. The Morgan fingerprint density at radius 1 is 0.974 bits per heavy atom. The zero-order valence-corrected chi connectivity index (χ0v) is 20.8. The van der Waals surface area contributed by atoms with E-state index in [-0.39, 0.29) is 22.9 Å². The van der Waals surface area contributed by atoms with E-state index in [2.05, 4.69) is 25.5 Å². The number of ether oxygens (including phenoxy) is 2. The van der Waals surface area contributed by atoms with Gasteiger partial charge in [0.1, 0.15) is 11.6 Å². The molecule has 0 saturated carbocycles. The minimum absolute atomic E-state index is 0.128. The molecule has 0 bridgehead atoms. The lowest BCUT2D eigenvalue weighted by molar-refractivity contribution is -0.137. The van der Waals surface area contributed by atoms with E-state index in [0.29, 0.717) is 49.2 Å². The highest BCUT2D eigenvalue weighted by Crippen LogP contribution is 2.36. The Balaban J connectivity index is 1.30. The van der Waals surface area contributed by atoms with Gasteiger partial charge in [-0.2, -0.15) is 13.2 Å². The predicted octanol–water partition coefficient (Wildman–Crippen LogP) is 6.71. The molecule has 4 aromatic rings.